The fourth-order valence-electron chi connectivity index (χ4n) is 4.65. The van der Waals surface area contributed by atoms with Gasteiger partial charge in [-0.25, -0.2) is 13.4 Å². The van der Waals surface area contributed by atoms with Crippen molar-refractivity contribution < 1.29 is 23.1 Å². The highest BCUT2D eigenvalue weighted by Crippen LogP contribution is 2.43. The molecule has 0 fully saturated rings. The molecule has 4 rings (SSSR count). The highest BCUT2D eigenvalue weighted by atomic mass is 32.2. The van der Waals surface area contributed by atoms with Gasteiger partial charge >= 0.3 is 5.97 Å². The average molecular weight is 562 g/mol. The number of aliphatic carboxylic acids is 1. The molecular weight excluding hydrogens is 526 g/mol. The van der Waals surface area contributed by atoms with Crippen LogP contribution in [0.3, 0.4) is 0 Å². The molecule has 0 unspecified atom stereocenters. The first-order valence-electron chi connectivity index (χ1n) is 12.8. The number of carboxylic acid groups (broad SMARTS) is 1. The highest BCUT2D eigenvalue weighted by molar-refractivity contribution is 7.89. The van der Waals surface area contributed by atoms with Gasteiger partial charge in [-0.2, -0.15) is 4.31 Å². The number of sulfonamides is 1. The molecule has 0 saturated carbocycles. The Labute approximate surface area is 227 Å². The van der Waals surface area contributed by atoms with E-state index in [2.05, 4.69) is 15.3 Å². The topological polar surface area (TPSA) is 128 Å². The molecule has 10 nitrogen and oxygen atoms in total. The van der Waals surface area contributed by atoms with E-state index in [1.165, 1.54) is 27.9 Å². The quantitative estimate of drug-likeness (QED) is 0.389. The molecule has 206 valence electrons. The first kappa shape index (κ1) is 28.2. The monoisotopic (exact) mass is 561 g/mol. The first-order valence-corrected chi connectivity index (χ1v) is 15.1. The molecule has 38 heavy (non-hydrogen) atoms. The number of aromatic nitrogens is 4. The van der Waals surface area contributed by atoms with Gasteiger partial charge in [0.2, 0.25) is 15.9 Å². The van der Waals surface area contributed by atoms with Crippen LogP contribution in [0.5, 0.6) is 5.88 Å². The number of thiophene rings is 1. The summed E-state index contributed by atoms with van der Waals surface area (Å²) in [6, 6.07) is 5.09. The van der Waals surface area contributed by atoms with Crippen molar-refractivity contribution in [2.45, 2.75) is 83.9 Å². The van der Waals surface area contributed by atoms with E-state index in [0.717, 1.165) is 21.0 Å². The summed E-state index contributed by atoms with van der Waals surface area (Å²) in [5, 5.41) is 18.4. The lowest BCUT2D eigenvalue weighted by Crippen LogP contribution is -2.36. The van der Waals surface area contributed by atoms with Gasteiger partial charge in [0.05, 0.1) is 17.7 Å². The third-order valence-electron chi connectivity index (χ3n) is 7.25. The van der Waals surface area contributed by atoms with Crippen LogP contribution in [0.25, 0.3) is 0 Å². The number of rotatable bonds is 10. The van der Waals surface area contributed by atoms with Crippen molar-refractivity contribution >= 4 is 27.3 Å². The van der Waals surface area contributed by atoms with Crippen LogP contribution in [0.4, 0.5) is 0 Å². The van der Waals surface area contributed by atoms with Crippen LogP contribution in [-0.4, -0.2) is 56.4 Å². The van der Waals surface area contributed by atoms with E-state index in [-0.39, 0.29) is 35.9 Å². The van der Waals surface area contributed by atoms with E-state index < -0.39 is 21.4 Å². The van der Waals surface area contributed by atoms with Crippen molar-refractivity contribution in [3.8, 4) is 5.88 Å². The second-order valence-electron chi connectivity index (χ2n) is 10.2. The van der Waals surface area contributed by atoms with Crippen molar-refractivity contribution in [3.05, 3.63) is 51.6 Å². The molecule has 1 aliphatic rings. The molecule has 0 spiro atoms. The summed E-state index contributed by atoms with van der Waals surface area (Å²) in [6.07, 6.45) is 4.89. The molecule has 1 N–H and O–H groups in total. The summed E-state index contributed by atoms with van der Waals surface area (Å²) in [5.74, 6) is -1.04. The number of nitrogens with zero attached hydrogens (tertiary/aromatic N) is 5. The predicted molar refractivity (Wildman–Crippen MR) is 144 cm³/mol. The van der Waals surface area contributed by atoms with Gasteiger partial charge in [-0.1, -0.05) is 12.1 Å². The Morgan fingerprint density at radius 1 is 1.34 bits per heavy atom. The normalized spacial score (nSPS) is 18.4. The van der Waals surface area contributed by atoms with Crippen LogP contribution in [0, 0.1) is 12.3 Å². The third kappa shape index (κ3) is 5.62. The molecular formula is C26H35N5O5S2. The lowest BCUT2D eigenvalue weighted by Gasteiger charge is -2.29. The summed E-state index contributed by atoms with van der Waals surface area (Å²) < 4.78 is 36.3. The molecule has 0 saturated heterocycles. The Morgan fingerprint density at radius 3 is 2.76 bits per heavy atom. The zero-order valence-electron chi connectivity index (χ0n) is 22.4. The molecule has 0 bridgehead atoms. The number of ether oxygens (including phenoxy) is 1. The van der Waals surface area contributed by atoms with Crippen LogP contribution < -0.4 is 4.74 Å². The highest BCUT2D eigenvalue weighted by Gasteiger charge is 2.40. The fraction of sp³-hybridized carbons (Fsp3) is 0.538. The van der Waals surface area contributed by atoms with Crippen LogP contribution in [0.15, 0.2) is 35.5 Å². The number of aryl methyl sites for hydroxylation is 3. The molecule has 1 aliphatic heterocycles. The van der Waals surface area contributed by atoms with Crippen LogP contribution in [0.2, 0.25) is 0 Å². The number of carboxylic acids is 1. The van der Waals surface area contributed by atoms with Gasteiger partial charge in [-0.3, -0.25) is 9.48 Å². The lowest BCUT2D eigenvalue weighted by atomic mass is 9.75. The van der Waals surface area contributed by atoms with E-state index in [9.17, 15) is 18.3 Å². The fourth-order valence-corrected chi connectivity index (χ4v) is 7.54. The molecule has 2 atom stereocenters. The Morgan fingerprint density at radius 2 is 2.11 bits per heavy atom. The Kier molecular flexibility index (Phi) is 8.24. The Bertz CT molecular complexity index is 1400. The molecule has 3 aromatic rings. The Hall–Kier alpha value is -2.83. The van der Waals surface area contributed by atoms with Crippen molar-refractivity contribution in [1.82, 2.24) is 24.3 Å². The van der Waals surface area contributed by atoms with E-state index >= 15 is 0 Å². The number of hydrogen-bond acceptors (Lipinski definition) is 8. The first-order chi connectivity index (χ1) is 18.0. The van der Waals surface area contributed by atoms with Crippen LogP contribution in [-0.2, 0) is 34.3 Å². The van der Waals surface area contributed by atoms with E-state index in [1.807, 2.05) is 33.0 Å². The van der Waals surface area contributed by atoms with Crippen molar-refractivity contribution in [3.63, 3.8) is 0 Å². The summed E-state index contributed by atoms with van der Waals surface area (Å²) >= 11 is 1.53. The number of hydrogen-bond donors (Lipinski definition) is 1. The maximum absolute atomic E-state index is 13.6. The average Bonchev–Trinajstić information content (AvgIpc) is 3.46. The summed E-state index contributed by atoms with van der Waals surface area (Å²) in [6.45, 7) is 10.5. The van der Waals surface area contributed by atoms with Crippen LogP contribution >= 0.6 is 11.3 Å². The standard InChI is InChI=1S/C26H35N5O5S2/c1-6-20-16-31(38(34,35)23-9-8-12-27-24(23)36-20)14-18-13-22(37-17(18)3)21(26(4,5)25(32)33)11-10-19-15-30(7-2)29-28-19/h8-9,12-13,15,20-21H,6-7,10-11,14,16H2,1-5H3,(H,32,33)/t20-,21-/m1/s1. The van der Waals surface area contributed by atoms with E-state index in [0.29, 0.717) is 25.8 Å². The second-order valence-corrected chi connectivity index (χ2v) is 13.4. The molecule has 12 heteroatoms. The minimum absolute atomic E-state index is 0.0640. The molecule has 3 aromatic heterocycles. The summed E-state index contributed by atoms with van der Waals surface area (Å²) in [4.78, 5) is 18.4. The largest absolute Gasteiger partial charge is 0.481 e. The van der Waals surface area contributed by atoms with E-state index in [1.54, 1.807) is 24.6 Å². The molecule has 0 amide bonds. The van der Waals surface area contributed by atoms with Gasteiger partial charge in [-0.15, -0.1) is 16.4 Å². The van der Waals surface area contributed by atoms with Gasteiger partial charge in [0, 0.05) is 41.2 Å². The lowest BCUT2D eigenvalue weighted by molar-refractivity contribution is -0.148. The number of fused-ring (bicyclic) bond motifs is 1. The SMILES string of the molecule is CC[C@@H]1CN(Cc2cc([C@@H](CCc3cn(CC)nn3)C(C)(C)C(=O)O)sc2C)S(=O)(=O)c2cccnc2O1. The van der Waals surface area contributed by atoms with Crippen LogP contribution in [0.1, 0.15) is 67.5 Å². The van der Waals surface area contributed by atoms with Gasteiger partial charge in [0.25, 0.3) is 0 Å². The zero-order chi connectivity index (χ0) is 27.7. The molecule has 4 heterocycles. The van der Waals surface area contributed by atoms with Crippen molar-refractivity contribution in [2.24, 2.45) is 5.41 Å². The number of pyridine rings is 1. The van der Waals surface area contributed by atoms with Gasteiger partial charge in [0.15, 0.2) is 0 Å². The minimum atomic E-state index is -3.84. The molecule has 0 aliphatic carbocycles. The predicted octanol–water partition coefficient (Wildman–Crippen LogP) is 4.25. The van der Waals surface area contributed by atoms with E-state index in [4.69, 9.17) is 4.74 Å². The summed E-state index contributed by atoms with van der Waals surface area (Å²) in [5.41, 5.74) is 0.648. The maximum Gasteiger partial charge on any atom is 0.309 e. The van der Waals surface area contributed by atoms with Gasteiger partial charge in [0.1, 0.15) is 11.0 Å². The maximum atomic E-state index is 13.6. The van der Waals surface area contributed by atoms with Crippen molar-refractivity contribution in [1.29, 1.82) is 0 Å². The van der Waals surface area contributed by atoms with Gasteiger partial charge < -0.3 is 9.84 Å². The van der Waals surface area contributed by atoms with Gasteiger partial charge in [-0.05, 0) is 70.7 Å². The number of carbonyl (C=O) groups is 1. The van der Waals surface area contributed by atoms with Crippen molar-refractivity contribution in [2.75, 3.05) is 6.54 Å². The Balaban J connectivity index is 1.64. The second kappa shape index (κ2) is 11.1. The molecule has 0 aromatic carbocycles. The minimum Gasteiger partial charge on any atom is -0.481 e. The summed E-state index contributed by atoms with van der Waals surface area (Å²) in [7, 11) is -3.84. The zero-order valence-corrected chi connectivity index (χ0v) is 24.0. The smallest absolute Gasteiger partial charge is 0.309 e. The molecule has 0 radical (unpaired) electrons. The third-order valence-corrected chi connectivity index (χ3v) is 10.3.